The number of allylic oxidation sites excluding steroid dienone is 3. The molecule has 0 aromatic rings. The van der Waals surface area contributed by atoms with Crippen molar-refractivity contribution in [3.8, 4) is 0 Å². The van der Waals surface area contributed by atoms with E-state index in [4.69, 9.17) is 0 Å². The third kappa shape index (κ3) is 1.04. The highest BCUT2D eigenvalue weighted by molar-refractivity contribution is 5.48. The molecule has 2 rings (SSSR count). The Bertz CT molecular complexity index is 444. The third-order valence-electron chi connectivity index (χ3n) is 3.20. The first-order chi connectivity index (χ1) is 8.07. The van der Waals surface area contributed by atoms with Gasteiger partial charge in [-0.1, -0.05) is 12.2 Å². The fraction of sp³-hybridized carbons (Fsp3) is 0.600. The zero-order chi connectivity index (χ0) is 14.0. The Hall–Kier alpha value is -1.05. The predicted molar refractivity (Wildman–Crippen MR) is 46.7 cm³/mol. The Morgan fingerprint density at radius 2 is 1.67 bits per heavy atom. The van der Waals surface area contributed by atoms with Gasteiger partial charge in [-0.25, -0.2) is 8.78 Å². The van der Waals surface area contributed by atoms with E-state index in [2.05, 4.69) is 4.74 Å². The highest BCUT2D eigenvalue weighted by Crippen LogP contribution is 2.66. The molecule has 8 heteroatoms. The topological polar surface area (TPSA) is 9.23 Å². The van der Waals surface area contributed by atoms with E-state index in [1.807, 2.05) is 0 Å². The summed E-state index contributed by atoms with van der Waals surface area (Å²) in [5.41, 5.74) is -6.42. The van der Waals surface area contributed by atoms with Gasteiger partial charge in [0.2, 0.25) is 5.67 Å². The van der Waals surface area contributed by atoms with E-state index in [0.29, 0.717) is 12.2 Å². The van der Waals surface area contributed by atoms with Crippen molar-refractivity contribution >= 4 is 0 Å². The minimum atomic E-state index is -5.37. The van der Waals surface area contributed by atoms with Crippen LogP contribution in [0.15, 0.2) is 23.8 Å². The van der Waals surface area contributed by atoms with E-state index in [1.165, 1.54) is 0 Å². The summed E-state index contributed by atoms with van der Waals surface area (Å²) in [6.45, 7) is 0. The molecule has 3 atom stereocenters. The number of alkyl halides is 7. The average molecular weight is 276 g/mol. The number of fused-ring (bicyclic) bond motifs is 1. The van der Waals surface area contributed by atoms with Gasteiger partial charge in [-0.3, -0.25) is 0 Å². The SMILES string of the molecule is COC1(F)C(F)(F)C2=CC=CC(F)C2(F)C1(F)F. The van der Waals surface area contributed by atoms with Crippen molar-refractivity contribution in [3.63, 3.8) is 0 Å². The van der Waals surface area contributed by atoms with Gasteiger partial charge in [-0.05, 0) is 6.08 Å². The van der Waals surface area contributed by atoms with Crippen molar-refractivity contribution < 1.29 is 35.5 Å². The summed E-state index contributed by atoms with van der Waals surface area (Å²) in [5.74, 6) is -15.3. The Labute approximate surface area is 96.9 Å². The van der Waals surface area contributed by atoms with E-state index in [1.54, 1.807) is 0 Å². The van der Waals surface area contributed by atoms with E-state index in [0.717, 1.165) is 0 Å². The predicted octanol–water partition coefficient (Wildman–Crippen LogP) is 3.13. The molecule has 0 spiro atoms. The molecule has 0 heterocycles. The highest BCUT2D eigenvalue weighted by atomic mass is 19.3. The second-order valence-electron chi connectivity index (χ2n) is 4.03. The lowest BCUT2D eigenvalue weighted by atomic mass is 9.86. The van der Waals surface area contributed by atoms with Gasteiger partial charge in [-0.15, -0.1) is 0 Å². The lowest BCUT2D eigenvalue weighted by Gasteiger charge is -2.33. The van der Waals surface area contributed by atoms with Crippen LogP contribution in [0.4, 0.5) is 30.7 Å². The summed E-state index contributed by atoms with van der Waals surface area (Å²) in [4.78, 5) is 0. The normalized spacial score (nSPS) is 44.7. The van der Waals surface area contributed by atoms with Gasteiger partial charge in [0.15, 0.2) is 6.17 Å². The largest absolute Gasteiger partial charge is 0.352 e. The minimum absolute atomic E-state index is 0.240. The van der Waals surface area contributed by atoms with E-state index >= 15 is 0 Å². The summed E-state index contributed by atoms with van der Waals surface area (Å²) in [5, 5.41) is 0. The molecule has 2 aliphatic carbocycles. The molecular formula is C10H7F7O. The van der Waals surface area contributed by atoms with E-state index in [9.17, 15) is 30.7 Å². The van der Waals surface area contributed by atoms with Crippen LogP contribution in [0.25, 0.3) is 0 Å². The molecule has 2 aliphatic rings. The second-order valence-corrected chi connectivity index (χ2v) is 4.03. The maximum atomic E-state index is 14.1. The standard InChI is InChI=1S/C10H7F7O/c1-18-10(17)8(13,14)5-3-2-4-6(11)7(5,12)9(10,15)16/h2-4,6H,1H3. The molecule has 3 unspecified atom stereocenters. The van der Waals surface area contributed by atoms with Gasteiger partial charge in [-0.2, -0.15) is 22.0 Å². The first kappa shape index (κ1) is 13.4. The number of rotatable bonds is 1. The molecule has 0 amide bonds. The second kappa shape index (κ2) is 3.28. The first-order valence-corrected chi connectivity index (χ1v) is 4.79. The summed E-state index contributed by atoms with van der Waals surface area (Å²) in [6.07, 6.45) is -1.91. The van der Waals surface area contributed by atoms with Crippen LogP contribution in [0.2, 0.25) is 0 Å². The van der Waals surface area contributed by atoms with Gasteiger partial charge < -0.3 is 4.74 Å². The number of hydrogen-bond acceptors (Lipinski definition) is 1. The quantitative estimate of drug-likeness (QED) is 0.669. The maximum absolute atomic E-state index is 14.1. The molecule has 0 saturated heterocycles. The number of hydrogen-bond donors (Lipinski definition) is 0. The van der Waals surface area contributed by atoms with Crippen LogP contribution in [0.3, 0.4) is 0 Å². The summed E-state index contributed by atoms with van der Waals surface area (Å²) >= 11 is 0. The number of methoxy groups -OCH3 is 1. The maximum Gasteiger partial charge on any atom is 0.352 e. The molecule has 1 fully saturated rings. The lowest BCUT2D eigenvalue weighted by molar-refractivity contribution is -0.336. The molecule has 1 saturated carbocycles. The van der Waals surface area contributed by atoms with Crippen molar-refractivity contribution in [1.29, 1.82) is 0 Å². The van der Waals surface area contributed by atoms with E-state index in [-0.39, 0.29) is 13.2 Å². The minimum Gasteiger partial charge on any atom is -0.340 e. The van der Waals surface area contributed by atoms with Crippen molar-refractivity contribution in [3.05, 3.63) is 23.8 Å². The summed E-state index contributed by atoms with van der Waals surface area (Å²) in [6, 6.07) is 0. The van der Waals surface area contributed by atoms with Gasteiger partial charge in [0.25, 0.3) is 0 Å². The summed E-state index contributed by atoms with van der Waals surface area (Å²) in [7, 11) is 0.240. The zero-order valence-electron chi connectivity index (χ0n) is 8.86. The van der Waals surface area contributed by atoms with Gasteiger partial charge in [0.05, 0.1) is 5.57 Å². The van der Waals surface area contributed by atoms with Gasteiger partial charge in [0.1, 0.15) is 0 Å². The van der Waals surface area contributed by atoms with Crippen LogP contribution in [0, 0.1) is 0 Å². The van der Waals surface area contributed by atoms with E-state index < -0.39 is 35.1 Å². The van der Waals surface area contributed by atoms with Crippen LogP contribution >= 0.6 is 0 Å². The third-order valence-corrected chi connectivity index (χ3v) is 3.20. The molecule has 0 aliphatic heterocycles. The molecule has 102 valence electrons. The van der Waals surface area contributed by atoms with Crippen LogP contribution in [0.1, 0.15) is 0 Å². The molecular weight excluding hydrogens is 269 g/mol. The van der Waals surface area contributed by atoms with Crippen LogP contribution in [-0.2, 0) is 4.74 Å². The zero-order valence-corrected chi connectivity index (χ0v) is 8.86. The Morgan fingerprint density at radius 3 is 2.11 bits per heavy atom. The fourth-order valence-electron chi connectivity index (χ4n) is 2.19. The monoisotopic (exact) mass is 276 g/mol. The summed E-state index contributed by atoms with van der Waals surface area (Å²) < 4.78 is 98.9. The Kier molecular flexibility index (Phi) is 2.44. The molecule has 0 aromatic heterocycles. The molecule has 0 radical (unpaired) electrons. The fourth-order valence-corrected chi connectivity index (χ4v) is 2.19. The Morgan fingerprint density at radius 1 is 1.11 bits per heavy atom. The van der Waals surface area contributed by atoms with Crippen molar-refractivity contribution in [2.24, 2.45) is 0 Å². The van der Waals surface area contributed by atoms with Crippen LogP contribution < -0.4 is 0 Å². The molecule has 0 bridgehead atoms. The van der Waals surface area contributed by atoms with Gasteiger partial charge in [0, 0.05) is 7.11 Å². The average Bonchev–Trinajstić information content (AvgIpc) is 2.38. The smallest absolute Gasteiger partial charge is 0.340 e. The molecule has 1 nitrogen and oxygen atoms in total. The molecule has 0 aromatic carbocycles. The first-order valence-electron chi connectivity index (χ1n) is 4.79. The molecule has 18 heavy (non-hydrogen) atoms. The highest BCUT2D eigenvalue weighted by Gasteiger charge is 2.91. The van der Waals surface area contributed by atoms with Crippen molar-refractivity contribution in [1.82, 2.24) is 0 Å². The lowest BCUT2D eigenvalue weighted by Crippen LogP contribution is -2.59. The van der Waals surface area contributed by atoms with Crippen LogP contribution in [-0.4, -0.2) is 36.7 Å². The van der Waals surface area contributed by atoms with Gasteiger partial charge >= 0.3 is 17.7 Å². The Balaban J connectivity index is 2.76. The molecule has 0 N–H and O–H groups in total. The number of ether oxygens (including phenoxy) is 1. The number of halogens is 7. The van der Waals surface area contributed by atoms with Crippen molar-refractivity contribution in [2.75, 3.05) is 7.11 Å². The van der Waals surface area contributed by atoms with Crippen LogP contribution in [0.5, 0.6) is 0 Å². The van der Waals surface area contributed by atoms with Crippen molar-refractivity contribution in [2.45, 2.75) is 29.5 Å².